The van der Waals surface area contributed by atoms with Crippen LogP contribution in [0, 0.1) is 6.92 Å². The van der Waals surface area contributed by atoms with E-state index in [1.807, 2.05) is 58.9 Å². The molecule has 4 aliphatic carbocycles. The Labute approximate surface area is 410 Å². The van der Waals surface area contributed by atoms with Gasteiger partial charge in [0.2, 0.25) is 0 Å². The molecule has 1 heterocycles. The minimum atomic E-state index is 0.0204. The van der Waals surface area contributed by atoms with Crippen LogP contribution < -0.4 is 15.1 Å². The molecule has 7 aromatic carbocycles. The first-order valence-corrected chi connectivity index (χ1v) is 26.2. The standard InChI is InChI=1S/C41H33NS.C17H16S.3C2H6/c1-25-28(12-8-13-29(25)32-10-5-7-17-39(32)43)26-18-20-27(21-19-26)42-38-16-9-14-30-31-22-23-37-40(35(31)24-34(30)38)33-11-4-6-15-36(33)41(37,2)3;1-2-7-12(6-1)13-9-5-10-15-14-8-3-4-11-16(14)18-17(13)15;3*1-2/h4-23,42-43H,24H2,1-3H3;3-4,6,8,10-11H,1-2,5,7,9H2;3*1-2H3. The summed E-state index contributed by atoms with van der Waals surface area (Å²) in [5, 5.41) is 6.73. The van der Waals surface area contributed by atoms with E-state index < -0.39 is 0 Å². The first-order valence-electron chi connectivity index (χ1n) is 24.9. The Bertz CT molecular complexity index is 3210. The van der Waals surface area contributed by atoms with Gasteiger partial charge < -0.3 is 5.32 Å². The Balaban J connectivity index is 0.000000210. The molecule has 0 fully saturated rings. The van der Waals surface area contributed by atoms with Crippen LogP contribution in [0.15, 0.2) is 162 Å². The number of thiophene rings is 1. The van der Waals surface area contributed by atoms with Crippen molar-refractivity contribution < 1.29 is 0 Å². The van der Waals surface area contributed by atoms with Crippen LogP contribution in [-0.4, -0.2) is 0 Å². The molecule has 0 radical (unpaired) electrons. The molecule has 1 N–H and O–H groups in total. The van der Waals surface area contributed by atoms with E-state index in [9.17, 15) is 0 Å². The second-order valence-electron chi connectivity index (χ2n) is 17.6. The number of thiol groups is 1. The minimum Gasteiger partial charge on any atom is -0.355 e. The molecular formula is C64H67NS2. The third kappa shape index (κ3) is 8.90. The lowest BCUT2D eigenvalue weighted by Gasteiger charge is -2.21. The van der Waals surface area contributed by atoms with Gasteiger partial charge in [-0.05, 0) is 163 Å². The first kappa shape index (κ1) is 47.6. The average molecular weight is 914 g/mol. The Morgan fingerprint density at radius 3 is 1.97 bits per heavy atom. The van der Waals surface area contributed by atoms with Crippen LogP contribution in [0.25, 0.3) is 66.2 Å². The van der Waals surface area contributed by atoms with Crippen LogP contribution in [0.1, 0.15) is 115 Å². The van der Waals surface area contributed by atoms with Crippen molar-refractivity contribution in [2.24, 2.45) is 0 Å². The van der Waals surface area contributed by atoms with Crippen LogP contribution in [0.3, 0.4) is 0 Å². The summed E-state index contributed by atoms with van der Waals surface area (Å²) in [5.74, 6) is 0. The lowest BCUT2D eigenvalue weighted by Crippen LogP contribution is -2.25. The molecule has 67 heavy (non-hydrogen) atoms. The molecule has 0 bridgehead atoms. The van der Waals surface area contributed by atoms with Gasteiger partial charge in [0.25, 0.3) is 0 Å². The van der Waals surface area contributed by atoms with Crippen molar-refractivity contribution in [2.45, 2.75) is 111 Å². The lowest BCUT2D eigenvalue weighted by atomic mass is 9.82. The molecule has 0 spiro atoms. The minimum absolute atomic E-state index is 0.0204. The first-order chi connectivity index (χ1) is 32.8. The highest BCUT2D eigenvalue weighted by atomic mass is 32.1. The monoisotopic (exact) mass is 913 g/mol. The van der Waals surface area contributed by atoms with E-state index in [1.54, 1.807) is 15.7 Å². The summed E-state index contributed by atoms with van der Waals surface area (Å²) in [6.07, 6.45) is 12.2. The number of hydrogen-bond acceptors (Lipinski definition) is 3. The molecule has 340 valence electrons. The summed E-state index contributed by atoms with van der Waals surface area (Å²) in [7, 11) is 0. The quantitative estimate of drug-likeness (QED) is 0.164. The van der Waals surface area contributed by atoms with Crippen molar-refractivity contribution in [3.8, 4) is 44.5 Å². The molecule has 0 amide bonds. The van der Waals surface area contributed by atoms with E-state index in [2.05, 4.69) is 178 Å². The summed E-state index contributed by atoms with van der Waals surface area (Å²) in [4.78, 5) is 0.998. The van der Waals surface area contributed by atoms with Gasteiger partial charge in [0.15, 0.2) is 0 Å². The SMILES string of the molecule is C1=C(C2=c3sc4ccccc4c3=CCC2)CCC1.CC.CC.CC.Cc1c(-c2ccc(Nc3cccc4c3Cc3c-4ccc4c3-c3ccccc3C4(C)C)cc2)cccc1-c1ccccc1S. The summed E-state index contributed by atoms with van der Waals surface area (Å²) in [5.41, 5.74) is 23.0. The van der Waals surface area contributed by atoms with E-state index in [0.717, 1.165) is 17.0 Å². The third-order valence-corrected chi connectivity index (χ3v) is 15.4. The van der Waals surface area contributed by atoms with Crippen molar-refractivity contribution in [1.82, 2.24) is 0 Å². The summed E-state index contributed by atoms with van der Waals surface area (Å²) in [6.45, 7) is 18.9. The van der Waals surface area contributed by atoms with E-state index in [4.69, 9.17) is 12.6 Å². The van der Waals surface area contributed by atoms with Crippen LogP contribution in [0.2, 0.25) is 0 Å². The summed E-state index contributed by atoms with van der Waals surface area (Å²) < 4.78 is 2.99. The van der Waals surface area contributed by atoms with Crippen LogP contribution in [-0.2, 0) is 11.8 Å². The smallest absolute Gasteiger partial charge is 0.0426 e. The molecule has 4 aliphatic rings. The van der Waals surface area contributed by atoms with E-state index >= 15 is 0 Å². The van der Waals surface area contributed by atoms with Gasteiger partial charge in [0.05, 0.1) is 0 Å². The molecule has 0 atom stereocenters. The van der Waals surface area contributed by atoms with Crippen LogP contribution in [0.5, 0.6) is 0 Å². The van der Waals surface area contributed by atoms with Crippen molar-refractivity contribution in [3.63, 3.8) is 0 Å². The molecule has 0 saturated carbocycles. The van der Waals surface area contributed by atoms with E-state index in [1.165, 1.54) is 125 Å². The second-order valence-corrected chi connectivity index (χ2v) is 19.1. The lowest BCUT2D eigenvalue weighted by molar-refractivity contribution is 0.660. The Hall–Kier alpha value is -5.87. The van der Waals surface area contributed by atoms with Gasteiger partial charge in [0.1, 0.15) is 0 Å². The number of nitrogens with one attached hydrogen (secondary N) is 1. The number of allylic oxidation sites excluding steroid dienone is 2. The predicted octanol–water partition coefficient (Wildman–Crippen LogP) is 18.1. The van der Waals surface area contributed by atoms with Gasteiger partial charge in [-0.15, -0.1) is 24.0 Å². The summed E-state index contributed by atoms with van der Waals surface area (Å²) in [6, 6.07) is 52.9. The molecular weight excluding hydrogens is 847 g/mol. The third-order valence-electron chi connectivity index (χ3n) is 13.8. The maximum absolute atomic E-state index is 4.71. The molecule has 8 aromatic rings. The number of fused-ring (bicyclic) bond motifs is 10. The highest BCUT2D eigenvalue weighted by Crippen LogP contribution is 2.54. The van der Waals surface area contributed by atoms with Crippen molar-refractivity contribution >= 4 is 57.1 Å². The number of anilines is 2. The largest absolute Gasteiger partial charge is 0.355 e. The molecule has 12 rings (SSSR count). The molecule has 0 saturated heterocycles. The number of benzene rings is 7. The maximum atomic E-state index is 4.71. The molecule has 0 aliphatic heterocycles. The van der Waals surface area contributed by atoms with Gasteiger partial charge in [-0.1, -0.05) is 183 Å². The predicted molar refractivity (Wildman–Crippen MR) is 299 cm³/mol. The van der Waals surface area contributed by atoms with Crippen LogP contribution in [0.4, 0.5) is 11.4 Å². The normalized spacial score (nSPS) is 14.1. The van der Waals surface area contributed by atoms with Gasteiger partial charge in [0, 0.05) is 37.3 Å². The molecule has 3 heteroatoms. The fraction of sp³-hybridized carbons (Fsp3) is 0.250. The Morgan fingerprint density at radius 2 is 1.21 bits per heavy atom. The van der Waals surface area contributed by atoms with Gasteiger partial charge in [-0.2, -0.15) is 0 Å². The second kappa shape index (κ2) is 21.0. The van der Waals surface area contributed by atoms with Crippen molar-refractivity contribution in [3.05, 3.63) is 195 Å². The summed E-state index contributed by atoms with van der Waals surface area (Å²) >= 11 is 6.70. The van der Waals surface area contributed by atoms with E-state index in [-0.39, 0.29) is 5.41 Å². The van der Waals surface area contributed by atoms with Gasteiger partial charge >= 0.3 is 0 Å². The molecule has 1 aromatic heterocycles. The van der Waals surface area contributed by atoms with Gasteiger partial charge in [-0.3, -0.25) is 0 Å². The Morgan fingerprint density at radius 1 is 0.552 bits per heavy atom. The number of rotatable bonds is 5. The fourth-order valence-electron chi connectivity index (χ4n) is 10.7. The molecule has 0 unspecified atom stereocenters. The van der Waals surface area contributed by atoms with E-state index in [0.29, 0.717) is 0 Å². The fourth-order valence-corrected chi connectivity index (χ4v) is 12.3. The van der Waals surface area contributed by atoms with Crippen molar-refractivity contribution in [1.29, 1.82) is 0 Å². The highest BCUT2D eigenvalue weighted by Gasteiger charge is 2.38. The highest BCUT2D eigenvalue weighted by molar-refractivity contribution is 7.80. The topological polar surface area (TPSA) is 12.0 Å². The zero-order valence-electron chi connectivity index (χ0n) is 41.1. The zero-order valence-corrected chi connectivity index (χ0v) is 42.8. The Kier molecular flexibility index (Phi) is 14.9. The maximum Gasteiger partial charge on any atom is 0.0426 e. The van der Waals surface area contributed by atoms with Crippen molar-refractivity contribution in [2.75, 3.05) is 5.32 Å². The van der Waals surface area contributed by atoms with Gasteiger partial charge in [-0.25, -0.2) is 0 Å². The van der Waals surface area contributed by atoms with Crippen LogP contribution >= 0.6 is 24.0 Å². The number of hydrogen-bond donors (Lipinski definition) is 2. The average Bonchev–Trinajstić information content (AvgIpc) is 4.19. The molecule has 1 nitrogen and oxygen atoms in total. The zero-order chi connectivity index (χ0) is 47.2.